The maximum Gasteiger partial charge on any atom is 0.193 e. The van der Waals surface area contributed by atoms with Crippen molar-refractivity contribution in [2.75, 3.05) is 26.7 Å². The Labute approximate surface area is 159 Å². The molecule has 1 N–H and O–H groups in total. The molecule has 2 aliphatic carbocycles. The Morgan fingerprint density at radius 1 is 1.31 bits per heavy atom. The van der Waals surface area contributed by atoms with Gasteiger partial charge in [0.25, 0.3) is 0 Å². The van der Waals surface area contributed by atoms with Crippen LogP contribution in [-0.4, -0.2) is 49.7 Å². The molecule has 2 saturated carbocycles. The summed E-state index contributed by atoms with van der Waals surface area (Å²) in [6.07, 6.45) is 6.03. The number of halogens is 2. The predicted octanol–water partition coefficient (Wildman–Crippen LogP) is 3.80. The Kier molecular flexibility index (Phi) is 5.37. The number of nitrogens with one attached hydrogen (secondary N) is 1. The third-order valence-electron chi connectivity index (χ3n) is 5.69. The molecule has 3 fully saturated rings. The van der Waals surface area contributed by atoms with Gasteiger partial charge in [0, 0.05) is 49.3 Å². The first-order chi connectivity index (χ1) is 12.7. The fourth-order valence-electron chi connectivity index (χ4n) is 3.79. The molecule has 142 valence electrons. The molecule has 4 rings (SSSR count). The molecule has 0 radical (unpaired) electrons. The van der Waals surface area contributed by atoms with Crippen LogP contribution in [0.25, 0.3) is 0 Å². The van der Waals surface area contributed by atoms with Crippen molar-refractivity contribution in [2.45, 2.75) is 50.2 Å². The standard InChI is InChI=1S/C20H27ClFN3O/c1-23-20(25-9-7-14(8-10-25)26-12-13-5-6-13)24-18-11-15(18)19-16(21)3-2-4-17(19)22/h2-4,13-15,18H,5-12H2,1H3,(H,23,24). The van der Waals surface area contributed by atoms with Crippen molar-refractivity contribution in [1.82, 2.24) is 10.2 Å². The highest BCUT2D eigenvalue weighted by atomic mass is 35.5. The number of hydrogen-bond donors (Lipinski definition) is 1. The Bertz CT molecular complexity index is 651. The lowest BCUT2D eigenvalue weighted by molar-refractivity contribution is 0.0131. The van der Waals surface area contributed by atoms with Crippen molar-refractivity contribution >= 4 is 17.6 Å². The van der Waals surface area contributed by atoms with Crippen molar-refractivity contribution in [2.24, 2.45) is 10.9 Å². The molecule has 1 heterocycles. The molecular weight excluding hydrogens is 353 g/mol. The highest BCUT2D eigenvalue weighted by molar-refractivity contribution is 6.31. The van der Waals surface area contributed by atoms with Crippen LogP contribution in [0.4, 0.5) is 4.39 Å². The summed E-state index contributed by atoms with van der Waals surface area (Å²) in [4.78, 5) is 6.73. The van der Waals surface area contributed by atoms with Crippen molar-refractivity contribution in [3.63, 3.8) is 0 Å². The van der Waals surface area contributed by atoms with Gasteiger partial charge in [-0.15, -0.1) is 0 Å². The van der Waals surface area contributed by atoms with Gasteiger partial charge in [-0.3, -0.25) is 4.99 Å². The van der Waals surface area contributed by atoms with Gasteiger partial charge in [0.15, 0.2) is 5.96 Å². The molecule has 1 aromatic carbocycles. The van der Waals surface area contributed by atoms with E-state index in [1.165, 1.54) is 18.9 Å². The number of ether oxygens (including phenoxy) is 1. The van der Waals surface area contributed by atoms with E-state index in [1.54, 1.807) is 12.1 Å². The Morgan fingerprint density at radius 3 is 2.73 bits per heavy atom. The number of piperidine rings is 1. The normalized spacial score (nSPS) is 26.9. The average Bonchev–Trinajstić information content (AvgIpc) is 3.55. The van der Waals surface area contributed by atoms with E-state index < -0.39 is 0 Å². The second-order valence-electron chi connectivity index (χ2n) is 7.74. The van der Waals surface area contributed by atoms with Gasteiger partial charge in [-0.2, -0.15) is 0 Å². The number of nitrogens with zero attached hydrogens (tertiary/aromatic N) is 2. The molecule has 2 unspecified atom stereocenters. The Morgan fingerprint density at radius 2 is 2.08 bits per heavy atom. The van der Waals surface area contributed by atoms with E-state index in [0.717, 1.165) is 50.8 Å². The lowest BCUT2D eigenvalue weighted by Crippen LogP contribution is -2.47. The monoisotopic (exact) mass is 379 g/mol. The van der Waals surface area contributed by atoms with Gasteiger partial charge in [-0.25, -0.2) is 4.39 Å². The van der Waals surface area contributed by atoms with Crippen molar-refractivity contribution in [3.8, 4) is 0 Å². The van der Waals surface area contributed by atoms with Gasteiger partial charge in [-0.1, -0.05) is 17.7 Å². The van der Waals surface area contributed by atoms with Crippen LogP contribution in [0.5, 0.6) is 0 Å². The summed E-state index contributed by atoms with van der Waals surface area (Å²) in [6, 6.07) is 5.10. The van der Waals surface area contributed by atoms with E-state index in [1.807, 2.05) is 7.05 Å². The van der Waals surface area contributed by atoms with Crippen LogP contribution in [0, 0.1) is 11.7 Å². The van der Waals surface area contributed by atoms with Crippen molar-refractivity contribution < 1.29 is 9.13 Å². The third kappa shape index (κ3) is 4.15. The largest absolute Gasteiger partial charge is 0.378 e. The lowest BCUT2D eigenvalue weighted by Gasteiger charge is -2.34. The molecule has 0 aromatic heterocycles. The smallest absolute Gasteiger partial charge is 0.193 e. The number of benzene rings is 1. The highest BCUT2D eigenvalue weighted by Gasteiger charge is 2.42. The summed E-state index contributed by atoms with van der Waals surface area (Å²) < 4.78 is 20.1. The minimum atomic E-state index is -0.213. The Balaban J connectivity index is 1.28. The fraction of sp³-hybridized carbons (Fsp3) is 0.650. The maximum atomic E-state index is 14.1. The topological polar surface area (TPSA) is 36.9 Å². The van der Waals surface area contributed by atoms with Crippen molar-refractivity contribution in [1.29, 1.82) is 0 Å². The molecule has 6 heteroatoms. The summed E-state index contributed by atoms with van der Waals surface area (Å²) in [7, 11) is 1.81. The predicted molar refractivity (Wildman–Crippen MR) is 102 cm³/mol. The highest BCUT2D eigenvalue weighted by Crippen LogP contribution is 2.45. The van der Waals surface area contributed by atoms with E-state index in [9.17, 15) is 4.39 Å². The summed E-state index contributed by atoms with van der Waals surface area (Å²) in [5, 5.41) is 4.01. The van der Waals surface area contributed by atoms with E-state index in [2.05, 4.69) is 15.2 Å². The summed E-state index contributed by atoms with van der Waals surface area (Å²) in [6.45, 7) is 2.84. The number of likely N-dealkylation sites (tertiary alicyclic amines) is 1. The van der Waals surface area contributed by atoms with Gasteiger partial charge in [0.1, 0.15) is 5.82 Å². The molecular formula is C20H27ClFN3O. The van der Waals surface area contributed by atoms with E-state index in [-0.39, 0.29) is 17.8 Å². The first kappa shape index (κ1) is 18.1. The summed E-state index contributed by atoms with van der Waals surface area (Å²) in [5.41, 5.74) is 0.634. The second-order valence-corrected chi connectivity index (χ2v) is 8.15. The van der Waals surface area contributed by atoms with Gasteiger partial charge in [0.05, 0.1) is 6.10 Å². The number of aliphatic imine (C=N–C) groups is 1. The van der Waals surface area contributed by atoms with Crippen LogP contribution >= 0.6 is 11.6 Å². The molecule has 3 aliphatic rings. The zero-order chi connectivity index (χ0) is 18.1. The number of rotatable bonds is 5. The van der Waals surface area contributed by atoms with Gasteiger partial charge < -0.3 is 15.0 Å². The van der Waals surface area contributed by atoms with Gasteiger partial charge in [0.2, 0.25) is 0 Å². The van der Waals surface area contributed by atoms with Crippen molar-refractivity contribution in [3.05, 3.63) is 34.6 Å². The van der Waals surface area contributed by atoms with Crippen LogP contribution in [0.2, 0.25) is 5.02 Å². The first-order valence-corrected chi connectivity index (χ1v) is 10.1. The molecule has 0 spiro atoms. The molecule has 4 nitrogen and oxygen atoms in total. The molecule has 1 aliphatic heterocycles. The second kappa shape index (κ2) is 7.73. The number of guanidine groups is 1. The van der Waals surface area contributed by atoms with Crippen LogP contribution in [0.3, 0.4) is 0 Å². The van der Waals surface area contributed by atoms with Crippen LogP contribution in [0.1, 0.15) is 43.6 Å². The maximum absolute atomic E-state index is 14.1. The molecule has 1 saturated heterocycles. The van der Waals surface area contributed by atoms with E-state index in [0.29, 0.717) is 16.7 Å². The third-order valence-corrected chi connectivity index (χ3v) is 6.02. The average molecular weight is 380 g/mol. The quantitative estimate of drug-likeness (QED) is 0.624. The molecule has 0 bridgehead atoms. The molecule has 0 amide bonds. The van der Waals surface area contributed by atoms with Gasteiger partial charge in [-0.05, 0) is 50.2 Å². The van der Waals surface area contributed by atoms with Crippen LogP contribution in [0.15, 0.2) is 23.2 Å². The van der Waals surface area contributed by atoms with Crippen LogP contribution < -0.4 is 5.32 Å². The Hall–Kier alpha value is -1.33. The zero-order valence-corrected chi connectivity index (χ0v) is 16.0. The summed E-state index contributed by atoms with van der Waals surface area (Å²) >= 11 is 6.20. The molecule has 2 atom stereocenters. The molecule has 1 aromatic rings. The molecule has 26 heavy (non-hydrogen) atoms. The minimum Gasteiger partial charge on any atom is -0.378 e. The minimum absolute atomic E-state index is 0.125. The fourth-order valence-corrected chi connectivity index (χ4v) is 4.10. The summed E-state index contributed by atoms with van der Waals surface area (Å²) in [5.74, 6) is 1.64. The van der Waals surface area contributed by atoms with Gasteiger partial charge >= 0.3 is 0 Å². The van der Waals surface area contributed by atoms with E-state index in [4.69, 9.17) is 16.3 Å². The van der Waals surface area contributed by atoms with E-state index >= 15 is 0 Å². The first-order valence-electron chi connectivity index (χ1n) is 9.69. The zero-order valence-electron chi connectivity index (χ0n) is 15.3. The number of hydrogen-bond acceptors (Lipinski definition) is 2. The lowest BCUT2D eigenvalue weighted by atomic mass is 10.1. The van der Waals surface area contributed by atoms with Crippen LogP contribution in [-0.2, 0) is 4.74 Å². The SMILES string of the molecule is CN=C(NC1CC1c1c(F)cccc1Cl)N1CCC(OCC2CC2)CC1.